The van der Waals surface area contributed by atoms with Crippen LogP contribution < -0.4 is 10.6 Å². The molecule has 3 atom stereocenters. The highest BCUT2D eigenvalue weighted by Crippen LogP contribution is 2.32. The Labute approximate surface area is 98.4 Å². The molecule has 0 aromatic carbocycles. The SMILES string of the molecule is CC1CCC(CC(=O)N[C@H]2CCCNC2)C1. The van der Waals surface area contributed by atoms with Crippen LogP contribution in [0.15, 0.2) is 0 Å². The zero-order valence-corrected chi connectivity index (χ0v) is 10.3. The number of piperidine rings is 1. The van der Waals surface area contributed by atoms with E-state index < -0.39 is 0 Å². The zero-order valence-electron chi connectivity index (χ0n) is 10.3. The van der Waals surface area contributed by atoms with E-state index in [2.05, 4.69) is 17.6 Å². The van der Waals surface area contributed by atoms with E-state index in [1.807, 2.05) is 0 Å². The Balaban J connectivity index is 1.67. The van der Waals surface area contributed by atoms with Crippen molar-refractivity contribution < 1.29 is 4.79 Å². The second-order valence-electron chi connectivity index (χ2n) is 5.60. The van der Waals surface area contributed by atoms with Crippen molar-refractivity contribution in [2.45, 2.75) is 51.5 Å². The summed E-state index contributed by atoms with van der Waals surface area (Å²) in [4.78, 5) is 11.8. The smallest absolute Gasteiger partial charge is 0.220 e. The van der Waals surface area contributed by atoms with Crippen molar-refractivity contribution in [2.24, 2.45) is 11.8 Å². The highest BCUT2D eigenvalue weighted by molar-refractivity contribution is 5.76. The van der Waals surface area contributed by atoms with Gasteiger partial charge in [0.25, 0.3) is 0 Å². The first kappa shape index (κ1) is 11.9. The number of hydrogen-bond acceptors (Lipinski definition) is 2. The standard InChI is InChI=1S/C13H24N2O/c1-10-4-5-11(7-10)8-13(16)15-12-3-2-6-14-9-12/h10-12,14H,2-9H2,1H3,(H,15,16)/t10?,11?,12-/m0/s1. The lowest BCUT2D eigenvalue weighted by Crippen LogP contribution is -2.45. The first-order chi connectivity index (χ1) is 7.74. The molecule has 0 aromatic heterocycles. The topological polar surface area (TPSA) is 41.1 Å². The summed E-state index contributed by atoms with van der Waals surface area (Å²) < 4.78 is 0. The molecule has 2 N–H and O–H groups in total. The molecule has 1 aliphatic heterocycles. The lowest BCUT2D eigenvalue weighted by Gasteiger charge is -2.24. The minimum absolute atomic E-state index is 0.271. The Morgan fingerprint density at radius 2 is 2.25 bits per heavy atom. The van der Waals surface area contributed by atoms with E-state index in [1.165, 1.54) is 25.7 Å². The summed E-state index contributed by atoms with van der Waals surface area (Å²) in [7, 11) is 0. The number of nitrogens with one attached hydrogen (secondary N) is 2. The quantitative estimate of drug-likeness (QED) is 0.766. The number of carbonyl (C=O) groups is 1. The fraction of sp³-hybridized carbons (Fsp3) is 0.923. The van der Waals surface area contributed by atoms with Crippen LogP contribution in [0.3, 0.4) is 0 Å². The number of hydrogen-bond donors (Lipinski definition) is 2. The van der Waals surface area contributed by atoms with Gasteiger partial charge in [-0.15, -0.1) is 0 Å². The Bertz CT molecular complexity index is 227. The molecule has 1 amide bonds. The molecule has 0 aromatic rings. The molecule has 0 radical (unpaired) electrons. The van der Waals surface area contributed by atoms with E-state index >= 15 is 0 Å². The Morgan fingerprint density at radius 1 is 1.38 bits per heavy atom. The second-order valence-corrected chi connectivity index (χ2v) is 5.60. The molecule has 92 valence electrons. The molecule has 2 fully saturated rings. The molecule has 3 nitrogen and oxygen atoms in total. The average Bonchev–Trinajstić information content (AvgIpc) is 2.65. The third-order valence-corrected chi connectivity index (χ3v) is 3.94. The van der Waals surface area contributed by atoms with Gasteiger partial charge in [-0.1, -0.05) is 13.3 Å². The third kappa shape index (κ3) is 3.48. The van der Waals surface area contributed by atoms with Crippen LogP contribution in [-0.2, 0) is 4.79 Å². The van der Waals surface area contributed by atoms with Crippen LogP contribution in [0.5, 0.6) is 0 Å². The van der Waals surface area contributed by atoms with Gasteiger partial charge < -0.3 is 10.6 Å². The molecule has 2 unspecified atom stereocenters. The molecular weight excluding hydrogens is 200 g/mol. The predicted molar refractivity (Wildman–Crippen MR) is 65.2 cm³/mol. The minimum Gasteiger partial charge on any atom is -0.352 e. The third-order valence-electron chi connectivity index (χ3n) is 3.94. The van der Waals surface area contributed by atoms with Gasteiger partial charge in [0.15, 0.2) is 0 Å². The van der Waals surface area contributed by atoms with Crippen LogP contribution >= 0.6 is 0 Å². The molecule has 1 saturated carbocycles. The first-order valence-electron chi connectivity index (χ1n) is 6.74. The van der Waals surface area contributed by atoms with Crippen molar-refractivity contribution >= 4 is 5.91 Å². The lowest BCUT2D eigenvalue weighted by molar-refractivity contribution is -0.122. The molecule has 1 saturated heterocycles. The second kappa shape index (κ2) is 5.67. The predicted octanol–water partition coefficient (Wildman–Crippen LogP) is 1.68. The van der Waals surface area contributed by atoms with Gasteiger partial charge >= 0.3 is 0 Å². The number of amides is 1. The van der Waals surface area contributed by atoms with Gasteiger partial charge in [-0.2, -0.15) is 0 Å². The fourth-order valence-electron chi connectivity index (χ4n) is 3.03. The summed E-state index contributed by atoms with van der Waals surface area (Å²) >= 11 is 0. The average molecular weight is 224 g/mol. The highest BCUT2D eigenvalue weighted by Gasteiger charge is 2.24. The maximum atomic E-state index is 11.8. The summed E-state index contributed by atoms with van der Waals surface area (Å²) in [6, 6.07) is 0.375. The van der Waals surface area contributed by atoms with Crippen LogP contribution in [0.25, 0.3) is 0 Å². The minimum atomic E-state index is 0.271. The molecule has 3 heteroatoms. The molecule has 0 bridgehead atoms. The summed E-state index contributed by atoms with van der Waals surface area (Å²) in [5.74, 6) is 1.74. The van der Waals surface area contributed by atoms with Crippen molar-refractivity contribution in [3.05, 3.63) is 0 Å². The normalized spacial score (nSPS) is 34.9. The number of rotatable bonds is 3. The Kier molecular flexibility index (Phi) is 4.22. The van der Waals surface area contributed by atoms with E-state index in [1.54, 1.807) is 0 Å². The van der Waals surface area contributed by atoms with Gasteiger partial charge in [-0.25, -0.2) is 0 Å². The van der Waals surface area contributed by atoms with Crippen LogP contribution in [0.2, 0.25) is 0 Å². The fourth-order valence-corrected chi connectivity index (χ4v) is 3.03. The van der Waals surface area contributed by atoms with Gasteiger partial charge in [0, 0.05) is 19.0 Å². The molecule has 2 aliphatic rings. The van der Waals surface area contributed by atoms with E-state index in [-0.39, 0.29) is 5.91 Å². The maximum Gasteiger partial charge on any atom is 0.220 e. The monoisotopic (exact) mass is 224 g/mol. The molecule has 1 heterocycles. The largest absolute Gasteiger partial charge is 0.352 e. The van der Waals surface area contributed by atoms with Crippen molar-refractivity contribution in [1.29, 1.82) is 0 Å². The van der Waals surface area contributed by atoms with E-state index in [4.69, 9.17) is 0 Å². The van der Waals surface area contributed by atoms with Crippen molar-refractivity contribution in [1.82, 2.24) is 10.6 Å². The summed E-state index contributed by atoms with van der Waals surface area (Å²) in [6.45, 7) is 4.35. The van der Waals surface area contributed by atoms with Crippen LogP contribution in [0, 0.1) is 11.8 Å². The van der Waals surface area contributed by atoms with Gasteiger partial charge in [-0.3, -0.25) is 4.79 Å². The van der Waals surface area contributed by atoms with Crippen LogP contribution in [0.1, 0.15) is 45.4 Å². The summed E-state index contributed by atoms with van der Waals surface area (Å²) in [5, 5.41) is 6.49. The highest BCUT2D eigenvalue weighted by atomic mass is 16.1. The Hall–Kier alpha value is -0.570. The lowest BCUT2D eigenvalue weighted by atomic mass is 10.0. The molecule has 16 heavy (non-hydrogen) atoms. The van der Waals surface area contributed by atoms with Gasteiger partial charge in [-0.05, 0) is 44.1 Å². The van der Waals surface area contributed by atoms with Gasteiger partial charge in [0.2, 0.25) is 5.91 Å². The molecule has 2 rings (SSSR count). The summed E-state index contributed by atoms with van der Waals surface area (Å²) in [5.41, 5.74) is 0. The van der Waals surface area contributed by atoms with Crippen molar-refractivity contribution in [3.63, 3.8) is 0 Å². The molecular formula is C13H24N2O. The molecule has 0 spiro atoms. The Morgan fingerprint density at radius 3 is 2.88 bits per heavy atom. The van der Waals surface area contributed by atoms with Crippen molar-refractivity contribution in [2.75, 3.05) is 13.1 Å². The first-order valence-corrected chi connectivity index (χ1v) is 6.74. The van der Waals surface area contributed by atoms with Gasteiger partial charge in [0.05, 0.1) is 0 Å². The van der Waals surface area contributed by atoms with E-state index in [0.29, 0.717) is 12.0 Å². The number of carbonyl (C=O) groups excluding carboxylic acids is 1. The zero-order chi connectivity index (χ0) is 11.4. The van der Waals surface area contributed by atoms with Gasteiger partial charge in [0.1, 0.15) is 0 Å². The van der Waals surface area contributed by atoms with Crippen LogP contribution in [-0.4, -0.2) is 25.0 Å². The van der Waals surface area contributed by atoms with E-state index in [0.717, 1.165) is 31.8 Å². The molecule has 1 aliphatic carbocycles. The summed E-state index contributed by atoms with van der Waals surface area (Å²) in [6.07, 6.45) is 6.88. The maximum absolute atomic E-state index is 11.8. The van der Waals surface area contributed by atoms with Crippen LogP contribution in [0.4, 0.5) is 0 Å². The van der Waals surface area contributed by atoms with E-state index in [9.17, 15) is 4.79 Å². The van der Waals surface area contributed by atoms with Crippen molar-refractivity contribution in [3.8, 4) is 0 Å².